The first-order chi connectivity index (χ1) is 13.0. The molecule has 1 saturated heterocycles. The van der Waals surface area contributed by atoms with E-state index in [1.165, 1.54) is 16.7 Å². The number of hydrogen-bond donors (Lipinski definition) is 0. The number of aromatic nitrogens is 2. The number of hydrogen-bond acceptors (Lipinski definition) is 4. The molecule has 0 spiro atoms. The number of halogens is 1. The highest BCUT2D eigenvalue weighted by Gasteiger charge is 2.11. The molecule has 2 aromatic rings. The molecular weight excluding hydrogens is 345 g/mol. The van der Waals surface area contributed by atoms with Crippen LogP contribution >= 0.6 is 0 Å². The van der Waals surface area contributed by atoms with Crippen LogP contribution in [0, 0.1) is 19.7 Å². The van der Waals surface area contributed by atoms with Gasteiger partial charge in [-0.25, -0.2) is 9.37 Å². The number of nitrogens with zero attached hydrogens (tertiary/aromatic N) is 3. The second kappa shape index (κ2) is 9.24. The molecule has 3 rings (SSSR count). The molecule has 0 N–H and O–H groups in total. The van der Waals surface area contributed by atoms with Crippen molar-refractivity contribution < 1.29 is 9.13 Å². The first-order valence-electron chi connectivity index (χ1n) is 9.71. The number of rotatable bonds is 7. The molecule has 5 nitrogen and oxygen atoms in total. The lowest BCUT2D eigenvalue weighted by atomic mass is 10.1. The summed E-state index contributed by atoms with van der Waals surface area (Å²) in [6.45, 7) is 8.32. The molecule has 0 aliphatic carbocycles. The minimum absolute atomic E-state index is 0.185. The van der Waals surface area contributed by atoms with E-state index in [9.17, 15) is 9.18 Å². The molecule has 27 heavy (non-hydrogen) atoms. The Morgan fingerprint density at radius 3 is 2.59 bits per heavy atom. The highest BCUT2D eigenvalue weighted by Crippen LogP contribution is 2.17. The number of morpholine rings is 1. The van der Waals surface area contributed by atoms with Gasteiger partial charge in [0.15, 0.2) is 0 Å². The summed E-state index contributed by atoms with van der Waals surface area (Å²) < 4.78 is 21.3. The summed E-state index contributed by atoms with van der Waals surface area (Å²) in [5.41, 5.74) is 1.72. The SMILES string of the molecule is Cc1cc(=O)n(-c2ccc(CCCCCN3CCOCC3)c(F)c2)c(C)n1. The predicted molar refractivity (Wildman–Crippen MR) is 104 cm³/mol. The first kappa shape index (κ1) is 19.7. The Morgan fingerprint density at radius 1 is 1.11 bits per heavy atom. The molecule has 1 aliphatic heterocycles. The molecule has 1 aromatic heterocycles. The van der Waals surface area contributed by atoms with Crippen LogP contribution in [-0.2, 0) is 11.2 Å². The molecule has 0 atom stereocenters. The van der Waals surface area contributed by atoms with Crippen LogP contribution in [0.2, 0.25) is 0 Å². The molecule has 1 aromatic carbocycles. The Bertz CT molecular complexity index is 829. The maximum atomic E-state index is 14.5. The largest absolute Gasteiger partial charge is 0.379 e. The third-order valence-electron chi connectivity index (χ3n) is 5.03. The summed E-state index contributed by atoms with van der Waals surface area (Å²) in [6.07, 6.45) is 3.89. The van der Waals surface area contributed by atoms with Gasteiger partial charge >= 0.3 is 0 Å². The Morgan fingerprint density at radius 2 is 1.89 bits per heavy atom. The van der Waals surface area contributed by atoms with Gasteiger partial charge in [-0.05, 0) is 57.4 Å². The lowest BCUT2D eigenvalue weighted by Crippen LogP contribution is -2.36. The normalized spacial score (nSPS) is 15.2. The van der Waals surface area contributed by atoms with Gasteiger partial charge in [0.2, 0.25) is 0 Å². The average molecular weight is 373 g/mol. The molecule has 0 amide bonds. The fourth-order valence-electron chi connectivity index (χ4n) is 3.58. The van der Waals surface area contributed by atoms with Crippen LogP contribution in [0.4, 0.5) is 4.39 Å². The molecule has 1 fully saturated rings. The van der Waals surface area contributed by atoms with Crippen molar-refractivity contribution in [3.05, 3.63) is 57.5 Å². The van der Waals surface area contributed by atoms with Gasteiger partial charge < -0.3 is 4.74 Å². The van der Waals surface area contributed by atoms with Crippen molar-refractivity contribution in [1.29, 1.82) is 0 Å². The van der Waals surface area contributed by atoms with E-state index in [1.54, 1.807) is 26.0 Å². The van der Waals surface area contributed by atoms with Crippen LogP contribution in [0.1, 0.15) is 36.3 Å². The summed E-state index contributed by atoms with van der Waals surface area (Å²) in [6, 6.07) is 6.50. The zero-order chi connectivity index (χ0) is 19.2. The van der Waals surface area contributed by atoms with Gasteiger partial charge in [-0.2, -0.15) is 0 Å². The topological polar surface area (TPSA) is 47.4 Å². The summed E-state index contributed by atoms with van der Waals surface area (Å²) >= 11 is 0. The molecule has 146 valence electrons. The van der Waals surface area contributed by atoms with Crippen molar-refractivity contribution in [2.75, 3.05) is 32.8 Å². The fourth-order valence-corrected chi connectivity index (χ4v) is 3.58. The lowest BCUT2D eigenvalue weighted by Gasteiger charge is -2.26. The number of unbranched alkanes of at least 4 members (excludes halogenated alkanes) is 2. The molecular formula is C21H28FN3O2. The zero-order valence-corrected chi connectivity index (χ0v) is 16.2. The Balaban J connectivity index is 1.55. The van der Waals surface area contributed by atoms with E-state index in [1.807, 2.05) is 0 Å². The van der Waals surface area contributed by atoms with Crippen molar-refractivity contribution in [3.63, 3.8) is 0 Å². The van der Waals surface area contributed by atoms with Crippen molar-refractivity contribution >= 4 is 0 Å². The molecule has 2 heterocycles. The number of aryl methyl sites for hydroxylation is 3. The minimum Gasteiger partial charge on any atom is -0.379 e. The van der Waals surface area contributed by atoms with Gasteiger partial charge in [0.05, 0.1) is 18.9 Å². The second-order valence-corrected chi connectivity index (χ2v) is 7.16. The van der Waals surface area contributed by atoms with E-state index in [-0.39, 0.29) is 11.4 Å². The molecule has 1 aliphatic rings. The Kier molecular flexibility index (Phi) is 6.74. The van der Waals surface area contributed by atoms with Crippen molar-refractivity contribution in [2.24, 2.45) is 0 Å². The summed E-state index contributed by atoms with van der Waals surface area (Å²) in [7, 11) is 0. The smallest absolute Gasteiger partial charge is 0.258 e. The first-order valence-corrected chi connectivity index (χ1v) is 9.71. The van der Waals surface area contributed by atoms with Gasteiger partial charge in [-0.3, -0.25) is 14.3 Å². The van der Waals surface area contributed by atoms with Gasteiger partial charge in [-0.1, -0.05) is 12.5 Å². The van der Waals surface area contributed by atoms with E-state index in [4.69, 9.17) is 4.74 Å². The minimum atomic E-state index is -0.257. The number of benzene rings is 1. The monoisotopic (exact) mass is 373 g/mol. The van der Waals surface area contributed by atoms with E-state index < -0.39 is 0 Å². The summed E-state index contributed by atoms with van der Waals surface area (Å²) in [5.74, 6) is 0.308. The predicted octanol–water partition coefficient (Wildman–Crippen LogP) is 3.03. The standard InChI is InChI=1S/C21H28FN3O2/c1-16-14-21(26)25(17(2)23-16)19-8-7-18(20(22)15-19)6-4-3-5-9-24-10-12-27-13-11-24/h7-8,14-15H,3-6,9-13H2,1-2H3. The Hall–Kier alpha value is -2.05. The van der Waals surface area contributed by atoms with E-state index in [0.717, 1.165) is 58.5 Å². The van der Waals surface area contributed by atoms with Gasteiger partial charge in [0.25, 0.3) is 5.56 Å². The van der Waals surface area contributed by atoms with E-state index >= 15 is 0 Å². The van der Waals surface area contributed by atoms with E-state index in [2.05, 4.69) is 9.88 Å². The average Bonchev–Trinajstić information content (AvgIpc) is 2.63. The van der Waals surface area contributed by atoms with E-state index in [0.29, 0.717) is 22.8 Å². The van der Waals surface area contributed by atoms with Crippen LogP contribution in [0.15, 0.2) is 29.1 Å². The van der Waals surface area contributed by atoms with Crippen LogP contribution in [0.3, 0.4) is 0 Å². The van der Waals surface area contributed by atoms with Gasteiger partial charge in [-0.15, -0.1) is 0 Å². The molecule has 6 heteroatoms. The van der Waals surface area contributed by atoms with Crippen LogP contribution < -0.4 is 5.56 Å². The lowest BCUT2D eigenvalue weighted by molar-refractivity contribution is 0.0371. The van der Waals surface area contributed by atoms with Gasteiger partial charge in [0, 0.05) is 24.8 Å². The molecule has 0 saturated carbocycles. The van der Waals surface area contributed by atoms with Gasteiger partial charge in [0.1, 0.15) is 11.6 Å². The maximum Gasteiger partial charge on any atom is 0.258 e. The van der Waals surface area contributed by atoms with Crippen LogP contribution in [0.25, 0.3) is 5.69 Å². The zero-order valence-electron chi connectivity index (χ0n) is 16.2. The van der Waals surface area contributed by atoms with Crippen molar-refractivity contribution in [3.8, 4) is 5.69 Å². The molecule has 0 radical (unpaired) electrons. The van der Waals surface area contributed by atoms with Crippen LogP contribution in [0.5, 0.6) is 0 Å². The fraction of sp³-hybridized carbons (Fsp3) is 0.524. The highest BCUT2D eigenvalue weighted by molar-refractivity contribution is 5.37. The van der Waals surface area contributed by atoms with Crippen LogP contribution in [-0.4, -0.2) is 47.3 Å². The third-order valence-corrected chi connectivity index (χ3v) is 5.03. The number of ether oxygens (including phenoxy) is 1. The highest BCUT2D eigenvalue weighted by atomic mass is 19.1. The Labute approximate surface area is 159 Å². The summed E-state index contributed by atoms with van der Waals surface area (Å²) in [5, 5.41) is 0. The molecule has 0 bridgehead atoms. The summed E-state index contributed by atoms with van der Waals surface area (Å²) in [4.78, 5) is 18.9. The quantitative estimate of drug-likeness (QED) is 0.700. The maximum absolute atomic E-state index is 14.5. The molecule has 0 unspecified atom stereocenters. The van der Waals surface area contributed by atoms with Crippen molar-refractivity contribution in [2.45, 2.75) is 39.5 Å². The second-order valence-electron chi connectivity index (χ2n) is 7.16. The third kappa shape index (κ3) is 5.23. The van der Waals surface area contributed by atoms with Crippen molar-refractivity contribution in [1.82, 2.24) is 14.5 Å².